The highest BCUT2D eigenvalue weighted by Gasteiger charge is 2.15. The monoisotopic (exact) mass is 395 g/mol. The Kier molecular flexibility index (Phi) is 6.44. The van der Waals surface area contributed by atoms with Crippen LogP contribution in [0.1, 0.15) is 13.8 Å². The molecule has 0 spiro atoms. The van der Waals surface area contributed by atoms with Gasteiger partial charge in [0, 0.05) is 30.4 Å². The van der Waals surface area contributed by atoms with Crippen LogP contribution in [0.15, 0.2) is 59.8 Å². The van der Waals surface area contributed by atoms with Crippen molar-refractivity contribution in [3.63, 3.8) is 0 Å². The van der Waals surface area contributed by atoms with Crippen molar-refractivity contribution in [1.82, 2.24) is 14.8 Å². The van der Waals surface area contributed by atoms with Gasteiger partial charge in [-0.2, -0.15) is 0 Å². The van der Waals surface area contributed by atoms with Crippen LogP contribution < -0.4 is 10.6 Å². The second-order valence-electron chi connectivity index (χ2n) is 6.02. The molecule has 2 N–H and O–H groups in total. The average molecular weight is 395 g/mol. The van der Waals surface area contributed by atoms with Gasteiger partial charge in [0.05, 0.1) is 5.75 Å². The highest BCUT2D eigenvalue weighted by molar-refractivity contribution is 7.99. The van der Waals surface area contributed by atoms with Crippen molar-refractivity contribution in [3.05, 3.63) is 54.6 Å². The zero-order valence-electron chi connectivity index (χ0n) is 15.7. The molecule has 0 bridgehead atoms. The van der Waals surface area contributed by atoms with E-state index in [2.05, 4.69) is 20.8 Å². The number of nitrogens with zero attached hydrogens (tertiary/aromatic N) is 3. The van der Waals surface area contributed by atoms with E-state index in [1.165, 1.54) is 18.7 Å². The summed E-state index contributed by atoms with van der Waals surface area (Å²) in [5, 5.41) is 14.8. The first kappa shape index (κ1) is 19.6. The summed E-state index contributed by atoms with van der Waals surface area (Å²) in [6.45, 7) is 4.13. The molecular formula is C20H21N5O2S. The predicted octanol–water partition coefficient (Wildman–Crippen LogP) is 3.65. The molecule has 2 aromatic carbocycles. The van der Waals surface area contributed by atoms with E-state index in [0.717, 1.165) is 11.3 Å². The van der Waals surface area contributed by atoms with Crippen molar-refractivity contribution in [3.8, 4) is 11.4 Å². The van der Waals surface area contributed by atoms with E-state index in [0.29, 0.717) is 23.2 Å². The summed E-state index contributed by atoms with van der Waals surface area (Å²) < 4.78 is 1.95. The van der Waals surface area contributed by atoms with Crippen molar-refractivity contribution in [2.75, 3.05) is 16.4 Å². The molecule has 8 heteroatoms. The van der Waals surface area contributed by atoms with Crippen molar-refractivity contribution in [2.24, 2.45) is 0 Å². The van der Waals surface area contributed by atoms with Gasteiger partial charge < -0.3 is 15.2 Å². The number of nitrogens with one attached hydrogen (secondary N) is 2. The molecule has 0 unspecified atom stereocenters. The van der Waals surface area contributed by atoms with Crippen LogP contribution in [-0.2, 0) is 16.1 Å². The number of thioether (sulfide) groups is 1. The summed E-state index contributed by atoms with van der Waals surface area (Å²) in [5.74, 6) is 0.699. The molecule has 1 heterocycles. The highest BCUT2D eigenvalue weighted by Crippen LogP contribution is 2.26. The molecule has 1 aromatic heterocycles. The van der Waals surface area contributed by atoms with Gasteiger partial charge in [-0.25, -0.2) is 0 Å². The van der Waals surface area contributed by atoms with Crippen LogP contribution in [0, 0.1) is 0 Å². The summed E-state index contributed by atoms with van der Waals surface area (Å²) in [6, 6.07) is 16.8. The van der Waals surface area contributed by atoms with Gasteiger partial charge >= 0.3 is 0 Å². The summed E-state index contributed by atoms with van der Waals surface area (Å²) in [6.07, 6.45) is 0. The van der Waals surface area contributed by atoms with Gasteiger partial charge in [0.1, 0.15) is 0 Å². The Bertz CT molecular complexity index is 972. The largest absolute Gasteiger partial charge is 0.326 e. The lowest BCUT2D eigenvalue weighted by Gasteiger charge is -2.09. The zero-order valence-corrected chi connectivity index (χ0v) is 16.5. The van der Waals surface area contributed by atoms with E-state index in [1.54, 1.807) is 0 Å². The van der Waals surface area contributed by atoms with Crippen LogP contribution in [0.5, 0.6) is 0 Å². The average Bonchev–Trinajstić information content (AvgIpc) is 3.10. The van der Waals surface area contributed by atoms with E-state index in [9.17, 15) is 9.59 Å². The Morgan fingerprint density at radius 1 is 1.00 bits per heavy atom. The zero-order chi connectivity index (χ0) is 19.9. The maximum absolute atomic E-state index is 12.2. The molecule has 0 aliphatic rings. The topological polar surface area (TPSA) is 88.9 Å². The van der Waals surface area contributed by atoms with Crippen LogP contribution in [0.3, 0.4) is 0 Å². The Labute approximate surface area is 167 Å². The third kappa shape index (κ3) is 4.98. The highest BCUT2D eigenvalue weighted by atomic mass is 32.2. The second kappa shape index (κ2) is 9.18. The number of para-hydroxylation sites is 1. The number of rotatable bonds is 7. The molecule has 0 saturated heterocycles. The molecule has 7 nitrogen and oxygen atoms in total. The number of hydrogen-bond donors (Lipinski definition) is 2. The van der Waals surface area contributed by atoms with Gasteiger partial charge in [-0.05, 0) is 31.2 Å². The smallest absolute Gasteiger partial charge is 0.234 e. The van der Waals surface area contributed by atoms with E-state index in [1.807, 2.05) is 66.1 Å². The SMILES string of the molecule is CCn1c(SCC(=O)Nc2ccccc2)nnc1-c1cccc(NC(C)=O)c1. The molecule has 28 heavy (non-hydrogen) atoms. The van der Waals surface area contributed by atoms with Crippen molar-refractivity contribution in [1.29, 1.82) is 0 Å². The first-order valence-corrected chi connectivity index (χ1v) is 9.84. The van der Waals surface area contributed by atoms with E-state index in [-0.39, 0.29) is 17.6 Å². The van der Waals surface area contributed by atoms with Gasteiger partial charge in [0.25, 0.3) is 0 Å². The van der Waals surface area contributed by atoms with Crippen molar-refractivity contribution in [2.45, 2.75) is 25.5 Å². The maximum Gasteiger partial charge on any atom is 0.234 e. The summed E-state index contributed by atoms with van der Waals surface area (Å²) >= 11 is 1.34. The predicted molar refractivity (Wildman–Crippen MR) is 111 cm³/mol. The molecular weight excluding hydrogens is 374 g/mol. The Morgan fingerprint density at radius 2 is 1.75 bits per heavy atom. The van der Waals surface area contributed by atoms with E-state index in [4.69, 9.17) is 0 Å². The number of hydrogen-bond acceptors (Lipinski definition) is 5. The lowest BCUT2D eigenvalue weighted by atomic mass is 10.2. The van der Waals surface area contributed by atoms with Gasteiger partial charge in [0.15, 0.2) is 11.0 Å². The Balaban J connectivity index is 1.71. The van der Waals surface area contributed by atoms with Gasteiger partial charge in [-0.1, -0.05) is 42.1 Å². The minimum Gasteiger partial charge on any atom is -0.326 e. The standard InChI is InChI=1S/C20H21N5O2S/c1-3-25-19(15-8-7-11-17(12-15)21-14(2)26)23-24-20(25)28-13-18(27)22-16-9-5-4-6-10-16/h4-12H,3,13H2,1-2H3,(H,21,26)(H,22,27). The van der Waals surface area contributed by atoms with Crippen LogP contribution in [0.25, 0.3) is 11.4 Å². The van der Waals surface area contributed by atoms with Crippen molar-refractivity contribution >= 4 is 35.0 Å². The molecule has 2 amide bonds. The van der Waals surface area contributed by atoms with Crippen LogP contribution in [0.4, 0.5) is 11.4 Å². The number of amides is 2. The minimum atomic E-state index is -0.130. The van der Waals surface area contributed by atoms with Gasteiger partial charge in [-0.15, -0.1) is 10.2 Å². The molecule has 0 aliphatic heterocycles. The van der Waals surface area contributed by atoms with Gasteiger partial charge in [-0.3, -0.25) is 9.59 Å². The number of carbonyl (C=O) groups is 2. The summed E-state index contributed by atoms with van der Waals surface area (Å²) in [7, 11) is 0. The normalized spacial score (nSPS) is 10.5. The first-order valence-electron chi connectivity index (χ1n) is 8.85. The molecule has 0 fully saturated rings. The summed E-state index contributed by atoms with van der Waals surface area (Å²) in [5.41, 5.74) is 2.31. The fourth-order valence-corrected chi connectivity index (χ4v) is 3.48. The second-order valence-corrected chi connectivity index (χ2v) is 6.96. The Morgan fingerprint density at radius 3 is 2.46 bits per heavy atom. The molecule has 0 radical (unpaired) electrons. The lowest BCUT2D eigenvalue weighted by Crippen LogP contribution is -2.14. The molecule has 3 rings (SSSR count). The molecule has 0 saturated carbocycles. The number of carbonyl (C=O) groups excluding carboxylic acids is 2. The lowest BCUT2D eigenvalue weighted by molar-refractivity contribution is -0.114. The third-order valence-corrected chi connectivity index (χ3v) is 4.83. The fourth-order valence-electron chi connectivity index (χ4n) is 2.68. The third-order valence-electron chi connectivity index (χ3n) is 3.86. The minimum absolute atomic E-state index is 0.101. The number of benzene rings is 2. The summed E-state index contributed by atoms with van der Waals surface area (Å²) in [4.78, 5) is 23.5. The van der Waals surface area contributed by atoms with Crippen LogP contribution >= 0.6 is 11.8 Å². The molecule has 144 valence electrons. The molecule has 3 aromatic rings. The van der Waals surface area contributed by atoms with Crippen molar-refractivity contribution < 1.29 is 9.59 Å². The van der Waals surface area contributed by atoms with E-state index >= 15 is 0 Å². The van der Waals surface area contributed by atoms with Crippen LogP contribution in [-0.4, -0.2) is 32.3 Å². The fraction of sp³-hybridized carbons (Fsp3) is 0.200. The Hall–Kier alpha value is -3.13. The molecule has 0 aliphatic carbocycles. The maximum atomic E-state index is 12.2. The molecule has 0 atom stereocenters. The van der Waals surface area contributed by atoms with E-state index < -0.39 is 0 Å². The quantitative estimate of drug-likeness (QED) is 0.596. The van der Waals surface area contributed by atoms with Crippen LogP contribution in [0.2, 0.25) is 0 Å². The number of aromatic nitrogens is 3. The first-order chi connectivity index (χ1) is 13.6. The van der Waals surface area contributed by atoms with Gasteiger partial charge in [0.2, 0.25) is 11.8 Å². The number of anilines is 2.